The van der Waals surface area contributed by atoms with E-state index in [-0.39, 0.29) is 18.4 Å². The van der Waals surface area contributed by atoms with Crippen LogP contribution in [0, 0.1) is 17.8 Å². The topological polar surface area (TPSA) is 134 Å². The molecule has 0 aromatic carbocycles. The van der Waals surface area contributed by atoms with E-state index in [2.05, 4.69) is 12.6 Å². The fourth-order valence-corrected chi connectivity index (χ4v) is 5.79. The third-order valence-electron chi connectivity index (χ3n) is 8.08. The molecule has 0 aromatic heterocycles. The van der Waals surface area contributed by atoms with Crippen LogP contribution < -0.4 is 0 Å². The lowest BCUT2D eigenvalue weighted by Gasteiger charge is -2.41. The Labute approximate surface area is 226 Å². The number of ketones is 1. The number of hydrogen-bond donors (Lipinski definition) is 4. The molecule has 0 bridgehead atoms. The number of piperidine rings is 1. The summed E-state index contributed by atoms with van der Waals surface area (Å²) < 4.78 is 11.2. The minimum absolute atomic E-state index is 0.0188. The predicted octanol–water partition coefficient (Wildman–Crippen LogP) is 2.83. The van der Waals surface area contributed by atoms with Crippen LogP contribution in [0.15, 0.2) is 0 Å². The summed E-state index contributed by atoms with van der Waals surface area (Å²) >= 11 is 4.21. The van der Waals surface area contributed by atoms with E-state index in [0.717, 1.165) is 19.3 Å². The van der Waals surface area contributed by atoms with E-state index < -0.39 is 59.2 Å². The Hall–Kier alpha value is -1.20. The van der Waals surface area contributed by atoms with Crippen molar-refractivity contribution in [2.75, 3.05) is 6.54 Å². The van der Waals surface area contributed by atoms with Gasteiger partial charge in [-0.3, -0.25) is 9.59 Å². The standard InChI is InChI=1S/C25H41NO8S.C2H6/c1-14(12-17-8-9-19(27)20(28)13-17)16(3)33-24(31)18-6-4-5-11-26(18)23(30)22(29)25(32)15(2)7-10-21(35)34-25;1-2/h14-21,27-28,32,35H,4-13H2,1-3H3;1-2H3. The number of nitrogens with zero attached hydrogens (tertiary/aromatic N) is 1. The number of carbonyl (C=O) groups is 3. The third-order valence-corrected chi connectivity index (χ3v) is 8.45. The van der Waals surface area contributed by atoms with Crippen LogP contribution in [0.2, 0.25) is 0 Å². The lowest BCUT2D eigenvalue weighted by molar-refractivity contribution is -0.247. The van der Waals surface area contributed by atoms with Gasteiger partial charge in [0, 0.05) is 12.5 Å². The first kappa shape index (κ1) is 32.0. The maximum atomic E-state index is 13.2. The normalized spacial score (nSPS) is 36.0. The molecule has 3 rings (SSSR count). The number of ether oxygens (including phenoxy) is 2. The number of likely N-dealkylation sites (tertiary alicyclic amines) is 1. The van der Waals surface area contributed by atoms with Crippen LogP contribution in [0.5, 0.6) is 0 Å². The number of rotatable bonds is 7. The van der Waals surface area contributed by atoms with Gasteiger partial charge in [0.2, 0.25) is 5.79 Å². The van der Waals surface area contributed by atoms with Crippen LogP contribution in [0.3, 0.4) is 0 Å². The summed E-state index contributed by atoms with van der Waals surface area (Å²) in [6.07, 6.45) is 3.63. The molecule has 9 nitrogen and oxygen atoms in total. The highest BCUT2D eigenvalue weighted by Crippen LogP contribution is 2.35. The Kier molecular flexibility index (Phi) is 12.3. The van der Waals surface area contributed by atoms with Gasteiger partial charge in [0.1, 0.15) is 17.6 Å². The van der Waals surface area contributed by atoms with E-state index in [9.17, 15) is 29.7 Å². The lowest BCUT2D eigenvalue weighted by atomic mass is 9.79. The second kappa shape index (κ2) is 14.3. The molecule has 1 saturated carbocycles. The summed E-state index contributed by atoms with van der Waals surface area (Å²) in [5, 5.41) is 30.6. The molecule has 0 radical (unpaired) electrons. The van der Waals surface area contributed by atoms with Crippen molar-refractivity contribution in [3.63, 3.8) is 0 Å². The highest BCUT2D eigenvalue weighted by molar-refractivity contribution is 7.80. The molecule has 37 heavy (non-hydrogen) atoms. The number of aliphatic hydroxyl groups is 3. The van der Waals surface area contributed by atoms with Crippen molar-refractivity contribution >= 4 is 30.3 Å². The number of esters is 1. The highest BCUT2D eigenvalue weighted by Gasteiger charge is 2.52. The average molecular weight is 546 g/mol. The average Bonchev–Trinajstić information content (AvgIpc) is 2.88. The first-order valence-electron chi connectivity index (χ1n) is 13.9. The molecule has 9 atom stereocenters. The maximum absolute atomic E-state index is 13.2. The Bertz CT molecular complexity index is 782. The van der Waals surface area contributed by atoms with Gasteiger partial charge in [0.05, 0.1) is 12.2 Å². The monoisotopic (exact) mass is 545 g/mol. The van der Waals surface area contributed by atoms with Gasteiger partial charge in [0.15, 0.2) is 0 Å². The molecule has 1 amide bonds. The van der Waals surface area contributed by atoms with E-state index in [4.69, 9.17) is 9.47 Å². The van der Waals surface area contributed by atoms with Gasteiger partial charge < -0.3 is 29.7 Å². The van der Waals surface area contributed by atoms with Crippen LogP contribution in [-0.2, 0) is 23.9 Å². The molecule has 0 aromatic rings. The molecule has 9 unspecified atom stereocenters. The highest BCUT2D eigenvalue weighted by atomic mass is 32.1. The summed E-state index contributed by atoms with van der Waals surface area (Å²) in [6.45, 7) is 9.67. The minimum Gasteiger partial charge on any atom is -0.461 e. The van der Waals surface area contributed by atoms with E-state index >= 15 is 0 Å². The molecule has 3 N–H and O–H groups in total. The molecule has 0 spiro atoms. The van der Waals surface area contributed by atoms with Gasteiger partial charge >= 0.3 is 5.97 Å². The maximum Gasteiger partial charge on any atom is 0.329 e. The number of hydrogen-bond acceptors (Lipinski definition) is 9. The van der Waals surface area contributed by atoms with Gasteiger partial charge in [-0.25, -0.2) is 4.79 Å². The van der Waals surface area contributed by atoms with E-state index in [1.165, 1.54) is 4.90 Å². The zero-order valence-electron chi connectivity index (χ0n) is 23.0. The quantitative estimate of drug-likeness (QED) is 0.218. The Morgan fingerprint density at radius 1 is 1.05 bits per heavy atom. The van der Waals surface area contributed by atoms with E-state index in [1.54, 1.807) is 6.92 Å². The number of thiol groups is 1. The van der Waals surface area contributed by atoms with Crippen molar-refractivity contribution in [3.05, 3.63) is 0 Å². The zero-order valence-corrected chi connectivity index (χ0v) is 23.9. The second-order valence-electron chi connectivity index (χ2n) is 10.8. The molecule has 3 fully saturated rings. The smallest absolute Gasteiger partial charge is 0.329 e. The molecule has 10 heteroatoms. The Balaban J connectivity index is 0.00000235. The third kappa shape index (κ3) is 7.91. The van der Waals surface area contributed by atoms with Crippen LogP contribution in [0.4, 0.5) is 0 Å². The fraction of sp³-hybridized carbons (Fsp3) is 0.889. The van der Waals surface area contributed by atoms with Gasteiger partial charge in [-0.05, 0) is 76.5 Å². The van der Waals surface area contributed by atoms with Crippen molar-refractivity contribution in [1.82, 2.24) is 4.90 Å². The van der Waals surface area contributed by atoms with Crippen LogP contribution in [-0.4, -0.2) is 80.0 Å². The van der Waals surface area contributed by atoms with Crippen molar-refractivity contribution in [3.8, 4) is 0 Å². The molecular formula is C27H47NO8S. The number of aliphatic hydroxyl groups excluding tert-OH is 2. The van der Waals surface area contributed by atoms with Gasteiger partial charge in [-0.1, -0.05) is 27.7 Å². The molecule has 2 saturated heterocycles. The number of amides is 1. The van der Waals surface area contributed by atoms with Crippen LogP contribution in [0.1, 0.15) is 92.4 Å². The summed E-state index contributed by atoms with van der Waals surface area (Å²) in [4.78, 5) is 40.5. The summed E-state index contributed by atoms with van der Waals surface area (Å²) in [7, 11) is 0. The van der Waals surface area contributed by atoms with E-state index in [1.807, 2.05) is 27.7 Å². The number of carbonyl (C=O) groups excluding carboxylic acids is 3. The van der Waals surface area contributed by atoms with Crippen LogP contribution in [0.25, 0.3) is 0 Å². The van der Waals surface area contributed by atoms with Gasteiger partial charge in [0.25, 0.3) is 11.7 Å². The van der Waals surface area contributed by atoms with Crippen LogP contribution >= 0.6 is 12.6 Å². The first-order valence-corrected chi connectivity index (χ1v) is 14.5. The molecular weight excluding hydrogens is 498 g/mol. The fourth-order valence-electron chi connectivity index (χ4n) is 5.48. The summed E-state index contributed by atoms with van der Waals surface area (Å²) in [5.74, 6) is -5.12. The first-order chi connectivity index (χ1) is 17.4. The summed E-state index contributed by atoms with van der Waals surface area (Å²) in [5.41, 5.74) is -0.647. The largest absolute Gasteiger partial charge is 0.461 e. The molecule has 1 aliphatic carbocycles. The molecule has 3 aliphatic rings. The van der Waals surface area contributed by atoms with Crippen molar-refractivity contribution < 1.29 is 39.2 Å². The molecule has 214 valence electrons. The molecule has 2 aliphatic heterocycles. The van der Waals surface area contributed by atoms with Crippen molar-refractivity contribution in [1.29, 1.82) is 0 Å². The Morgan fingerprint density at radius 3 is 2.38 bits per heavy atom. The molecule has 2 heterocycles. The SMILES string of the molecule is CC.CC(CC1CCC(O)C(O)C1)C(C)OC(=O)C1CCCCN1C(=O)C(=O)C1(O)OC(S)CCC1C. The Morgan fingerprint density at radius 2 is 1.73 bits per heavy atom. The second-order valence-corrected chi connectivity index (χ2v) is 11.3. The van der Waals surface area contributed by atoms with Crippen molar-refractivity contribution in [2.24, 2.45) is 17.8 Å². The van der Waals surface area contributed by atoms with E-state index in [0.29, 0.717) is 38.5 Å². The van der Waals surface area contributed by atoms with Gasteiger partial charge in [-0.15, -0.1) is 12.6 Å². The van der Waals surface area contributed by atoms with Crippen molar-refractivity contribution in [2.45, 2.75) is 128 Å². The lowest BCUT2D eigenvalue weighted by Crippen LogP contribution is -2.60. The number of Topliss-reactive ketones (excluding diaryl/α,β-unsaturated/α-hetero) is 1. The summed E-state index contributed by atoms with van der Waals surface area (Å²) in [6, 6.07) is -0.893. The zero-order chi connectivity index (χ0) is 27.9. The van der Waals surface area contributed by atoms with Gasteiger partial charge in [-0.2, -0.15) is 0 Å². The minimum atomic E-state index is -2.26. The predicted molar refractivity (Wildman–Crippen MR) is 142 cm³/mol.